The lowest BCUT2D eigenvalue weighted by Crippen LogP contribution is -2.49. The maximum Gasteiger partial charge on any atom is 0.411 e. The molecule has 0 aliphatic carbocycles. The third kappa shape index (κ3) is 4.10. The summed E-state index contributed by atoms with van der Waals surface area (Å²) in [4.78, 5) is 29.3. The highest BCUT2D eigenvalue weighted by molar-refractivity contribution is 5.83. The number of ether oxygens (including phenoxy) is 2. The van der Waals surface area contributed by atoms with Gasteiger partial charge in [0.05, 0.1) is 7.11 Å². The highest BCUT2D eigenvalue weighted by atomic mass is 16.6. The van der Waals surface area contributed by atoms with Crippen molar-refractivity contribution in [1.29, 1.82) is 0 Å². The summed E-state index contributed by atoms with van der Waals surface area (Å²) < 4.78 is 10.6. The Morgan fingerprint density at radius 3 is 2.41 bits per heavy atom. The molecular formula is C21H30N2O4. The average molecular weight is 374 g/mol. The molecule has 0 saturated carbocycles. The van der Waals surface area contributed by atoms with Gasteiger partial charge < -0.3 is 9.47 Å². The number of piperidine rings is 1. The molecule has 6 nitrogen and oxygen atoms in total. The van der Waals surface area contributed by atoms with Gasteiger partial charge in [0.1, 0.15) is 11.6 Å². The Hall–Kier alpha value is -2.08. The largest absolute Gasteiger partial charge is 0.467 e. The van der Waals surface area contributed by atoms with Crippen LogP contribution in [0.25, 0.3) is 0 Å². The third-order valence-electron chi connectivity index (χ3n) is 5.51. The number of esters is 1. The van der Waals surface area contributed by atoms with E-state index in [0.29, 0.717) is 0 Å². The fraction of sp³-hybridized carbons (Fsp3) is 0.619. The lowest BCUT2D eigenvalue weighted by Gasteiger charge is -2.36. The topological polar surface area (TPSA) is 59.1 Å². The highest BCUT2D eigenvalue weighted by Gasteiger charge is 2.53. The summed E-state index contributed by atoms with van der Waals surface area (Å²) >= 11 is 0. The smallest absolute Gasteiger partial charge is 0.411 e. The summed E-state index contributed by atoms with van der Waals surface area (Å²) in [6, 6.07) is 9.90. The Morgan fingerprint density at radius 2 is 1.81 bits per heavy atom. The van der Waals surface area contributed by atoms with E-state index < -0.39 is 17.7 Å². The van der Waals surface area contributed by atoms with Gasteiger partial charge >= 0.3 is 12.1 Å². The molecule has 3 rings (SSSR count). The number of hydrogen-bond acceptors (Lipinski definition) is 5. The molecule has 2 aliphatic heterocycles. The lowest BCUT2D eigenvalue weighted by molar-refractivity contribution is -0.147. The molecule has 0 spiro atoms. The van der Waals surface area contributed by atoms with Crippen LogP contribution in [-0.4, -0.2) is 59.7 Å². The minimum atomic E-state index is -0.606. The number of benzene rings is 1. The van der Waals surface area contributed by atoms with Crippen molar-refractivity contribution < 1.29 is 19.1 Å². The van der Waals surface area contributed by atoms with Gasteiger partial charge in [0.2, 0.25) is 0 Å². The van der Waals surface area contributed by atoms with Crippen LogP contribution in [0.4, 0.5) is 4.79 Å². The zero-order valence-corrected chi connectivity index (χ0v) is 16.8. The van der Waals surface area contributed by atoms with Crippen LogP contribution in [-0.2, 0) is 14.3 Å². The predicted molar refractivity (Wildman–Crippen MR) is 102 cm³/mol. The number of carbonyl (C=O) groups is 2. The molecule has 0 aromatic heterocycles. The molecular weight excluding hydrogens is 344 g/mol. The summed E-state index contributed by atoms with van der Waals surface area (Å²) in [5.74, 6) is -0.308. The van der Waals surface area contributed by atoms with E-state index in [-0.39, 0.29) is 24.0 Å². The van der Waals surface area contributed by atoms with Gasteiger partial charge in [-0.3, -0.25) is 9.80 Å². The van der Waals surface area contributed by atoms with Crippen molar-refractivity contribution in [3.8, 4) is 0 Å². The Bertz CT molecular complexity index is 685. The van der Waals surface area contributed by atoms with Gasteiger partial charge in [0.15, 0.2) is 0 Å². The van der Waals surface area contributed by atoms with E-state index in [1.165, 1.54) is 12.7 Å². The van der Waals surface area contributed by atoms with E-state index in [1.807, 2.05) is 39.0 Å². The zero-order valence-electron chi connectivity index (χ0n) is 16.8. The van der Waals surface area contributed by atoms with Crippen molar-refractivity contribution in [1.82, 2.24) is 9.80 Å². The second-order valence-electron chi connectivity index (χ2n) is 8.55. The molecule has 6 heteroatoms. The van der Waals surface area contributed by atoms with Crippen LogP contribution in [0, 0.1) is 5.92 Å². The van der Waals surface area contributed by atoms with Crippen LogP contribution in [0.15, 0.2) is 30.3 Å². The fourth-order valence-corrected chi connectivity index (χ4v) is 4.29. The lowest BCUT2D eigenvalue weighted by atomic mass is 9.93. The first kappa shape index (κ1) is 19.7. The highest BCUT2D eigenvalue weighted by Crippen LogP contribution is 2.39. The van der Waals surface area contributed by atoms with Crippen LogP contribution < -0.4 is 0 Å². The van der Waals surface area contributed by atoms with Crippen molar-refractivity contribution in [2.75, 3.05) is 20.2 Å². The molecule has 4 atom stereocenters. The first-order valence-corrected chi connectivity index (χ1v) is 9.59. The van der Waals surface area contributed by atoms with Crippen LogP contribution in [0.1, 0.15) is 45.7 Å². The van der Waals surface area contributed by atoms with E-state index in [2.05, 4.69) is 24.0 Å². The number of likely N-dealkylation sites (tertiary alicyclic amines) is 2. The van der Waals surface area contributed by atoms with Gasteiger partial charge in [0, 0.05) is 31.1 Å². The maximum absolute atomic E-state index is 12.9. The van der Waals surface area contributed by atoms with Crippen molar-refractivity contribution >= 4 is 12.1 Å². The number of carbonyl (C=O) groups excluding carboxylic acids is 2. The summed E-state index contributed by atoms with van der Waals surface area (Å²) in [5.41, 5.74) is 0.628. The van der Waals surface area contributed by atoms with Crippen molar-refractivity contribution in [3.63, 3.8) is 0 Å². The van der Waals surface area contributed by atoms with Gasteiger partial charge in [-0.1, -0.05) is 30.3 Å². The summed E-state index contributed by atoms with van der Waals surface area (Å²) in [7, 11) is 1.38. The monoisotopic (exact) mass is 374 g/mol. The molecule has 2 heterocycles. The standard InChI is InChI=1S/C21H30N2O4/c1-14(15-9-7-6-8-10-15)22-12-16-11-17(13-22)23(18(16)19(24)26-5)20(25)27-21(2,3)4/h6-10,14,16-18H,11-13H2,1-5H3/t14-,16-,17+,18+/m0/s1. The maximum atomic E-state index is 12.9. The van der Waals surface area contributed by atoms with E-state index in [4.69, 9.17) is 9.47 Å². The first-order chi connectivity index (χ1) is 12.7. The fourth-order valence-electron chi connectivity index (χ4n) is 4.29. The van der Waals surface area contributed by atoms with Crippen LogP contribution in [0.3, 0.4) is 0 Å². The van der Waals surface area contributed by atoms with Crippen molar-refractivity contribution in [2.45, 2.75) is 57.8 Å². The molecule has 2 fully saturated rings. The second kappa shape index (κ2) is 7.50. The first-order valence-electron chi connectivity index (χ1n) is 9.59. The molecule has 27 heavy (non-hydrogen) atoms. The number of methoxy groups -OCH3 is 1. The number of amides is 1. The quantitative estimate of drug-likeness (QED) is 0.760. The van der Waals surface area contributed by atoms with Gasteiger partial charge in [0.25, 0.3) is 0 Å². The summed E-state index contributed by atoms with van der Waals surface area (Å²) in [6.07, 6.45) is 0.372. The van der Waals surface area contributed by atoms with Crippen molar-refractivity contribution in [3.05, 3.63) is 35.9 Å². The van der Waals surface area contributed by atoms with Crippen LogP contribution in [0.2, 0.25) is 0 Å². The second-order valence-corrected chi connectivity index (χ2v) is 8.55. The molecule has 1 amide bonds. The minimum Gasteiger partial charge on any atom is -0.467 e. The van der Waals surface area contributed by atoms with E-state index in [0.717, 1.165) is 19.5 Å². The Kier molecular flexibility index (Phi) is 5.47. The molecule has 0 unspecified atom stereocenters. The predicted octanol–water partition coefficient (Wildman–Crippen LogP) is 3.23. The number of fused-ring (bicyclic) bond motifs is 2. The molecule has 1 aromatic carbocycles. The van der Waals surface area contributed by atoms with E-state index in [9.17, 15) is 9.59 Å². The minimum absolute atomic E-state index is 0.0473. The summed E-state index contributed by atoms with van der Waals surface area (Å²) in [6.45, 7) is 9.16. The van der Waals surface area contributed by atoms with Gasteiger partial charge in [-0.2, -0.15) is 0 Å². The van der Waals surface area contributed by atoms with Crippen LogP contribution in [0.5, 0.6) is 0 Å². The number of hydrogen-bond donors (Lipinski definition) is 0. The Morgan fingerprint density at radius 1 is 1.15 bits per heavy atom. The van der Waals surface area contributed by atoms with Crippen molar-refractivity contribution in [2.24, 2.45) is 5.92 Å². The van der Waals surface area contributed by atoms with E-state index >= 15 is 0 Å². The molecule has 148 valence electrons. The van der Waals surface area contributed by atoms with Gasteiger partial charge in [-0.15, -0.1) is 0 Å². The SMILES string of the molecule is COC(=O)[C@H]1[C@H]2C[C@H](CN([C@@H](C)c3ccccc3)C2)N1C(=O)OC(C)(C)C. The Balaban J connectivity index is 1.84. The number of nitrogens with zero attached hydrogens (tertiary/aromatic N) is 2. The number of rotatable bonds is 3. The van der Waals surface area contributed by atoms with E-state index in [1.54, 1.807) is 4.90 Å². The molecule has 0 N–H and O–H groups in total. The third-order valence-corrected chi connectivity index (χ3v) is 5.51. The average Bonchev–Trinajstić information content (AvgIpc) is 2.89. The summed E-state index contributed by atoms with van der Waals surface area (Å²) in [5, 5.41) is 0. The zero-order chi connectivity index (χ0) is 19.8. The van der Waals surface area contributed by atoms with Gasteiger partial charge in [-0.05, 0) is 39.7 Å². The normalized spacial score (nSPS) is 26.6. The molecule has 2 bridgehead atoms. The molecule has 2 aliphatic rings. The van der Waals surface area contributed by atoms with Gasteiger partial charge in [-0.25, -0.2) is 9.59 Å². The molecule has 2 saturated heterocycles. The van der Waals surface area contributed by atoms with Crippen LogP contribution >= 0.6 is 0 Å². The molecule has 0 radical (unpaired) electrons. The molecule has 1 aromatic rings. The Labute approximate surface area is 161 Å².